The highest BCUT2D eigenvalue weighted by Crippen LogP contribution is 2.27. The summed E-state index contributed by atoms with van der Waals surface area (Å²) in [5, 5.41) is 0.900. The number of carbonyl (C=O) groups is 1. The van der Waals surface area contributed by atoms with Gasteiger partial charge in [0.1, 0.15) is 0 Å². The Kier molecular flexibility index (Phi) is 5.11. The zero-order valence-corrected chi connectivity index (χ0v) is 13.4. The lowest BCUT2D eigenvalue weighted by atomic mass is 10.1. The molecule has 21 heavy (non-hydrogen) atoms. The van der Waals surface area contributed by atoms with Gasteiger partial charge in [-0.1, -0.05) is 35.3 Å². The van der Waals surface area contributed by atoms with Crippen LogP contribution in [-0.2, 0) is 21.4 Å². The molecule has 1 saturated heterocycles. The SMILES string of the molecule is O=C1CC(CS(=O)(=O)F)CN1CCc1cccc(Cl)c1Cl. The molecule has 116 valence electrons. The summed E-state index contributed by atoms with van der Waals surface area (Å²) >= 11 is 12.0. The van der Waals surface area contributed by atoms with Gasteiger partial charge in [0.15, 0.2) is 0 Å². The number of nitrogens with zero attached hydrogens (tertiary/aromatic N) is 1. The average molecular weight is 354 g/mol. The third kappa shape index (κ3) is 4.56. The van der Waals surface area contributed by atoms with Gasteiger partial charge < -0.3 is 4.90 Å². The summed E-state index contributed by atoms with van der Waals surface area (Å²) < 4.78 is 33.9. The highest BCUT2D eigenvalue weighted by molar-refractivity contribution is 7.86. The van der Waals surface area contributed by atoms with Gasteiger partial charge in [-0.15, -0.1) is 3.89 Å². The van der Waals surface area contributed by atoms with Gasteiger partial charge in [0, 0.05) is 25.4 Å². The molecule has 1 aromatic rings. The molecule has 0 saturated carbocycles. The normalized spacial score (nSPS) is 19.3. The van der Waals surface area contributed by atoms with E-state index in [4.69, 9.17) is 23.2 Å². The minimum atomic E-state index is -4.55. The van der Waals surface area contributed by atoms with Crippen LogP contribution in [0.3, 0.4) is 0 Å². The fourth-order valence-electron chi connectivity index (χ4n) is 2.46. The second-order valence-corrected chi connectivity index (χ2v) is 7.27. The Balaban J connectivity index is 1.95. The van der Waals surface area contributed by atoms with Crippen molar-refractivity contribution in [2.75, 3.05) is 18.8 Å². The molecule has 0 aromatic heterocycles. The Hall–Kier alpha value is -0.850. The van der Waals surface area contributed by atoms with E-state index in [1.807, 2.05) is 6.07 Å². The van der Waals surface area contributed by atoms with Crippen molar-refractivity contribution in [2.45, 2.75) is 12.8 Å². The van der Waals surface area contributed by atoms with Crippen molar-refractivity contribution in [3.05, 3.63) is 33.8 Å². The van der Waals surface area contributed by atoms with E-state index in [9.17, 15) is 17.1 Å². The van der Waals surface area contributed by atoms with Gasteiger partial charge >= 0.3 is 10.2 Å². The zero-order valence-electron chi connectivity index (χ0n) is 11.1. The monoisotopic (exact) mass is 353 g/mol. The molecule has 0 bridgehead atoms. The van der Waals surface area contributed by atoms with Gasteiger partial charge in [0.05, 0.1) is 15.8 Å². The van der Waals surface area contributed by atoms with Crippen molar-refractivity contribution in [3.63, 3.8) is 0 Å². The summed E-state index contributed by atoms with van der Waals surface area (Å²) in [5.74, 6) is -1.25. The van der Waals surface area contributed by atoms with E-state index >= 15 is 0 Å². The molecular formula is C13H14Cl2FNO3S. The molecule has 0 radical (unpaired) electrons. The minimum Gasteiger partial charge on any atom is -0.342 e. The molecule has 1 unspecified atom stereocenters. The smallest absolute Gasteiger partial charge is 0.302 e. The van der Waals surface area contributed by atoms with Crippen LogP contribution < -0.4 is 0 Å². The zero-order chi connectivity index (χ0) is 15.6. The molecular weight excluding hydrogens is 340 g/mol. The maximum atomic E-state index is 12.7. The first kappa shape index (κ1) is 16.5. The highest BCUT2D eigenvalue weighted by atomic mass is 35.5. The van der Waals surface area contributed by atoms with E-state index in [1.165, 1.54) is 4.90 Å². The van der Waals surface area contributed by atoms with E-state index in [0.717, 1.165) is 5.56 Å². The van der Waals surface area contributed by atoms with Crippen LogP contribution in [0.5, 0.6) is 0 Å². The molecule has 0 aliphatic carbocycles. The van der Waals surface area contributed by atoms with Gasteiger partial charge in [-0.2, -0.15) is 8.42 Å². The van der Waals surface area contributed by atoms with Crippen molar-refractivity contribution in [1.82, 2.24) is 4.90 Å². The molecule has 4 nitrogen and oxygen atoms in total. The lowest BCUT2D eigenvalue weighted by molar-refractivity contribution is -0.127. The van der Waals surface area contributed by atoms with E-state index in [1.54, 1.807) is 12.1 Å². The second-order valence-electron chi connectivity index (χ2n) is 5.08. The highest BCUT2D eigenvalue weighted by Gasteiger charge is 2.32. The second kappa shape index (κ2) is 6.50. The molecule has 0 spiro atoms. The number of carbonyl (C=O) groups excluding carboxylic acids is 1. The van der Waals surface area contributed by atoms with Crippen molar-refractivity contribution < 1.29 is 17.1 Å². The predicted molar refractivity (Wildman–Crippen MR) is 79.7 cm³/mol. The molecule has 1 heterocycles. The number of hydrogen-bond donors (Lipinski definition) is 0. The van der Waals surface area contributed by atoms with E-state index < -0.39 is 21.9 Å². The van der Waals surface area contributed by atoms with Crippen LogP contribution in [0.1, 0.15) is 12.0 Å². The van der Waals surface area contributed by atoms with Crippen LogP contribution in [0.4, 0.5) is 3.89 Å². The Labute approximate surface area is 133 Å². The molecule has 0 N–H and O–H groups in total. The van der Waals surface area contributed by atoms with E-state index in [-0.39, 0.29) is 18.9 Å². The molecule has 1 aromatic carbocycles. The molecule has 1 aliphatic heterocycles. The maximum Gasteiger partial charge on any atom is 0.302 e. The topological polar surface area (TPSA) is 54.5 Å². The van der Waals surface area contributed by atoms with Gasteiger partial charge in [-0.05, 0) is 18.1 Å². The van der Waals surface area contributed by atoms with Gasteiger partial charge in [0.2, 0.25) is 5.91 Å². The van der Waals surface area contributed by atoms with Crippen molar-refractivity contribution in [1.29, 1.82) is 0 Å². The number of benzene rings is 1. The Morgan fingerprint density at radius 2 is 2.05 bits per heavy atom. The van der Waals surface area contributed by atoms with E-state index in [2.05, 4.69) is 0 Å². The fourth-order valence-corrected chi connectivity index (χ4v) is 3.66. The number of likely N-dealkylation sites (tertiary alicyclic amines) is 1. The summed E-state index contributed by atoms with van der Waals surface area (Å²) in [4.78, 5) is 13.3. The van der Waals surface area contributed by atoms with Crippen LogP contribution in [0.15, 0.2) is 18.2 Å². The minimum absolute atomic E-state index is 0.0619. The number of amides is 1. The molecule has 2 rings (SSSR count). The van der Waals surface area contributed by atoms with Crippen molar-refractivity contribution >= 4 is 39.3 Å². The number of rotatable bonds is 5. The largest absolute Gasteiger partial charge is 0.342 e. The first-order valence-electron chi connectivity index (χ1n) is 6.39. The van der Waals surface area contributed by atoms with Crippen LogP contribution >= 0.6 is 23.2 Å². The van der Waals surface area contributed by atoms with Gasteiger partial charge in [-0.25, -0.2) is 0 Å². The lowest BCUT2D eigenvalue weighted by Crippen LogP contribution is -2.28. The van der Waals surface area contributed by atoms with Crippen LogP contribution in [0, 0.1) is 5.92 Å². The number of hydrogen-bond acceptors (Lipinski definition) is 3. The van der Waals surface area contributed by atoms with Gasteiger partial charge in [-0.3, -0.25) is 4.79 Å². The third-order valence-electron chi connectivity index (χ3n) is 3.41. The maximum absolute atomic E-state index is 12.7. The first-order valence-corrected chi connectivity index (χ1v) is 8.70. The van der Waals surface area contributed by atoms with E-state index in [0.29, 0.717) is 23.0 Å². The third-order valence-corrected chi connectivity index (χ3v) is 5.14. The molecule has 1 atom stereocenters. The summed E-state index contributed by atoms with van der Waals surface area (Å²) in [6, 6.07) is 5.27. The van der Waals surface area contributed by atoms with Gasteiger partial charge in [0.25, 0.3) is 0 Å². The van der Waals surface area contributed by atoms with Crippen LogP contribution in [0.25, 0.3) is 0 Å². The summed E-state index contributed by atoms with van der Waals surface area (Å²) in [5.41, 5.74) is 0.818. The average Bonchev–Trinajstić information content (AvgIpc) is 2.69. The Morgan fingerprint density at radius 3 is 2.71 bits per heavy atom. The van der Waals surface area contributed by atoms with Crippen LogP contribution in [-0.4, -0.2) is 38.1 Å². The number of halogens is 3. The Morgan fingerprint density at radius 1 is 1.33 bits per heavy atom. The summed E-state index contributed by atoms with van der Waals surface area (Å²) in [7, 11) is -4.55. The standard InChI is InChI=1S/C13H14Cl2FNO3S/c14-11-3-1-2-10(13(11)15)4-5-17-7-9(6-12(17)18)8-21(16,19)20/h1-3,9H,4-8H2. The molecule has 1 amide bonds. The summed E-state index contributed by atoms with van der Waals surface area (Å²) in [6.45, 7) is 0.655. The van der Waals surface area contributed by atoms with Crippen LogP contribution in [0.2, 0.25) is 10.0 Å². The molecule has 1 fully saturated rings. The predicted octanol–water partition coefficient (Wildman–Crippen LogP) is 2.68. The lowest BCUT2D eigenvalue weighted by Gasteiger charge is -2.17. The quantitative estimate of drug-likeness (QED) is 0.764. The van der Waals surface area contributed by atoms with Crippen molar-refractivity contribution in [3.8, 4) is 0 Å². The molecule has 8 heteroatoms. The van der Waals surface area contributed by atoms with Crippen molar-refractivity contribution in [2.24, 2.45) is 5.92 Å². The summed E-state index contributed by atoms with van der Waals surface area (Å²) in [6.07, 6.45) is 0.576. The fraction of sp³-hybridized carbons (Fsp3) is 0.462. The molecule has 1 aliphatic rings. The Bertz CT molecular complexity index is 651. The first-order chi connectivity index (χ1) is 9.76.